The minimum atomic E-state index is -0.290. The molecule has 6 heteroatoms. The van der Waals surface area contributed by atoms with Crippen molar-refractivity contribution in [3.05, 3.63) is 52.2 Å². The largest absolute Gasteiger partial charge is 0.327 e. The Kier molecular flexibility index (Phi) is 4.92. The Morgan fingerprint density at radius 1 is 1.45 bits per heavy atom. The van der Waals surface area contributed by atoms with Crippen molar-refractivity contribution >= 4 is 11.8 Å². The molecule has 0 spiro atoms. The Balaban J connectivity index is 2.28. The molecule has 0 saturated heterocycles. The zero-order valence-corrected chi connectivity index (χ0v) is 11.9. The van der Waals surface area contributed by atoms with Gasteiger partial charge in [-0.3, -0.25) is 4.79 Å². The van der Waals surface area contributed by atoms with E-state index in [-0.39, 0.29) is 17.4 Å². The molecule has 3 N–H and O–H groups in total. The van der Waals surface area contributed by atoms with Gasteiger partial charge in [-0.05, 0) is 36.6 Å². The van der Waals surface area contributed by atoms with Crippen LogP contribution < -0.4 is 11.3 Å². The van der Waals surface area contributed by atoms with E-state index in [0.717, 1.165) is 16.9 Å². The Hall–Kier alpha value is -1.66. The fourth-order valence-electron chi connectivity index (χ4n) is 1.74. The lowest BCUT2D eigenvalue weighted by Crippen LogP contribution is -2.21. The lowest BCUT2D eigenvalue weighted by atomic mass is 10.0. The number of rotatable bonds is 5. The van der Waals surface area contributed by atoms with Crippen molar-refractivity contribution in [1.29, 1.82) is 0 Å². The van der Waals surface area contributed by atoms with E-state index in [4.69, 9.17) is 5.73 Å². The number of hydrogen-bond acceptors (Lipinski definition) is 4. The van der Waals surface area contributed by atoms with E-state index in [9.17, 15) is 9.18 Å². The Bertz CT molecular complexity index is 644. The van der Waals surface area contributed by atoms with Crippen molar-refractivity contribution in [1.82, 2.24) is 9.97 Å². The summed E-state index contributed by atoms with van der Waals surface area (Å²) in [6, 6.07) is 5.90. The van der Waals surface area contributed by atoms with Gasteiger partial charge in [-0.2, -0.15) is 0 Å². The standard InChI is InChI=1S/C14H16FN3OS/c1-2-11(16)8-9-7-10(15)3-4-12(9)20-14-17-6-5-13(19)18-14/h3-7,11H,2,8,16H2,1H3,(H,17,18,19). The van der Waals surface area contributed by atoms with Crippen LogP contribution in [0.15, 0.2) is 45.3 Å². The lowest BCUT2D eigenvalue weighted by molar-refractivity contribution is 0.609. The van der Waals surface area contributed by atoms with Gasteiger partial charge in [0.1, 0.15) is 5.82 Å². The second-order valence-electron chi connectivity index (χ2n) is 4.47. The number of H-pyrrole nitrogens is 1. The highest BCUT2D eigenvalue weighted by molar-refractivity contribution is 7.99. The number of hydrogen-bond donors (Lipinski definition) is 2. The van der Waals surface area contributed by atoms with Crippen LogP contribution in [0, 0.1) is 5.82 Å². The van der Waals surface area contributed by atoms with Gasteiger partial charge >= 0.3 is 0 Å². The van der Waals surface area contributed by atoms with E-state index in [2.05, 4.69) is 9.97 Å². The molecule has 1 unspecified atom stereocenters. The van der Waals surface area contributed by atoms with Crippen LogP contribution in [0.25, 0.3) is 0 Å². The molecule has 1 heterocycles. The van der Waals surface area contributed by atoms with Gasteiger partial charge in [0, 0.05) is 23.2 Å². The molecule has 0 aliphatic heterocycles. The number of benzene rings is 1. The first-order chi connectivity index (χ1) is 9.58. The van der Waals surface area contributed by atoms with Crippen LogP contribution >= 0.6 is 11.8 Å². The summed E-state index contributed by atoms with van der Waals surface area (Å²) in [4.78, 5) is 18.8. The first-order valence-electron chi connectivity index (χ1n) is 6.35. The monoisotopic (exact) mass is 293 g/mol. The summed E-state index contributed by atoms with van der Waals surface area (Å²) in [7, 11) is 0. The maximum absolute atomic E-state index is 13.4. The summed E-state index contributed by atoms with van der Waals surface area (Å²) >= 11 is 1.30. The van der Waals surface area contributed by atoms with Crippen LogP contribution in [0.4, 0.5) is 4.39 Å². The Morgan fingerprint density at radius 2 is 2.25 bits per heavy atom. The molecule has 20 heavy (non-hydrogen) atoms. The molecule has 0 aliphatic carbocycles. The summed E-state index contributed by atoms with van der Waals surface area (Å²) in [5.74, 6) is -0.290. The summed E-state index contributed by atoms with van der Waals surface area (Å²) in [6.07, 6.45) is 2.86. The van der Waals surface area contributed by atoms with Crippen molar-refractivity contribution in [2.45, 2.75) is 35.9 Å². The zero-order valence-electron chi connectivity index (χ0n) is 11.1. The summed E-state index contributed by atoms with van der Waals surface area (Å²) in [5, 5.41) is 0.482. The van der Waals surface area contributed by atoms with Crippen molar-refractivity contribution < 1.29 is 4.39 Å². The van der Waals surface area contributed by atoms with Crippen molar-refractivity contribution in [3.63, 3.8) is 0 Å². The predicted molar refractivity (Wildman–Crippen MR) is 77.4 cm³/mol. The average Bonchev–Trinajstić information content (AvgIpc) is 2.42. The van der Waals surface area contributed by atoms with Gasteiger partial charge in [0.15, 0.2) is 5.16 Å². The third-order valence-electron chi connectivity index (χ3n) is 2.88. The maximum Gasteiger partial charge on any atom is 0.251 e. The zero-order chi connectivity index (χ0) is 14.5. The van der Waals surface area contributed by atoms with Gasteiger partial charge in [-0.25, -0.2) is 9.37 Å². The quantitative estimate of drug-likeness (QED) is 0.830. The molecule has 0 amide bonds. The van der Waals surface area contributed by atoms with Gasteiger partial charge in [-0.15, -0.1) is 0 Å². The molecule has 1 aromatic heterocycles. The smallest absolute Gasteiger partial charge is 0.251 e. The second kappa shape index (κ2) is 6.67. The van der Waals surface area contributed by atoms with Crippen molar-refractivity contribution in [3.8, 4) is 0 Å². The molecule has 2 rings (SSSR count). The molecule has 0 bridgehead atoms. The van der Waals surface area contributed by atoms with E-state index in [0.29, 0.717) is 11.6 Å². The number of halogens is 1. The number of nitrogens with zero attached hydrogens (tertiary/aromatic N) is 1. The van der Waals surface area contributed by atoms with E-state index in [1.807, 2.05) is 6.92 Å². The molecule has 0 aliphatic rings. The van der Waals surface area contributed by atoms with Crippen molar-refractivity contribution in [2.24, 2.45) is 5.73 Å². The van der Waals surface area contributed by atoms with Gasteiger partial charge < -0.3 is 10.7 Å². The molecule has 106 valence electrons. The Morgan fingerprint density at radius 3 is 2.95 bits per heavy atom. The molecule has 2 aromatic rings. The summed E-state index contributed by atoms with van der Waals surface area (Å²) in [6.45, 7) is 1.99. The fraction of sp³-hybridized carbons (Fsp3) is 0.286. The third kappa shape index (κ3) is 3.91. The van der Waals surface area contributed by atoms with Gasteiger partial charge in [0.05, 0.1) is 0 Å². The predicted octanol–water partition coefficient (Wildman–Crippen LogP) is 2.34. The summed E-state index contributed by atoms with van der Waals surface area (Å²) < 4.78 is 13.4. The SMILES string of the molecule is CCC(N)Cc1cc(F)ccc1Sc1nccc(=O)[nH]1. The second-order valence-corrected chi connectivity index (χ2v) is 5.50. The number of nitrogens with one attached hydrogen (secondary N) is 1. The molecule has 0 radical (unpaired) electrons. The highest BCUT2D eigenvalue weighted by Gasteiger charge is 2.10. The van der Waals surface area contributed by atoms with E-state index in [1.54, 1.807) is 6.07 Å². The molecule has 0 saturated carbocycles. The maximum atomic E-state index is 13.4. The minimum Gasteiger partial charge on any atom is -0.327 e. The molecular weight excluding hydrogens is 277 g/mol. The molecule has 0 fully saturated rings. The Labute approximate surface area is 120 Å². The average molecular weight is 293 g/mol. The molecule has 1 aromatic carbocycles. The van der Waals surface area contributed by atoms with Crippen molar-refractivity contribution in [2.75, 3.05) is 0 Å². The fourth-order valence-corrected chi connectivity index (χ4v) is 2.62. The first kappa shape index (κ1) is 14.7. The third-order valence-corrected chi connectivity index (χ3v) is 3.90. The van der Waals surface area contributed by atoms with E-state index < -0.39 is 0 Å². The topological polar surface area (TPSA) is 71.8 Å². The summed E-state index contributed by atoms with van der Waals surface area (Å²) in [5.41, 5.74) is 6.55. The molecule has 4 nitrogen and oxygen atoms in total. The number of aromatic nitrogens is 2. The lowest BCUT2D eigenvalue weighted by Gasteiger charge is -2.12. The van der Waals surface area contributed by atoms with Crippen LogP contribution in [0.5, 0.6) is 0 Å². The molecule has 1 atom stereocenters. The minimum absolute atomic E-state index is 0.0149. The normalized spacial score (nSPS) is 12.3. The van der Waals surface area contributed by atoms with Gasteiger partial charge in [0.25, 0.3) is 5.56 Å². The highest BCUT2D eigenvalue weighted by Crippen LogP contribution is 2.28. The molecular formula is C14H16FN3OS. The number of nitrogens with two attached hydrogens (primary N) is 1. The van der Waals surface area contributed by atoms with Crippen LogP contribution in [-0.4, -0.2) is 16.0 Å². The first-order valence-corrected chi connectivity index (χ1v) is 7.17. The van der Waals surface area contributed by atoms with Gasteiger partial charge in [-0.1, -0.05) is 18.7 Å². The van der Waals surface area contributed by atoms with Crippen LogP contribution in [0.3, 0.4) is 0 Å². The van der Waals surface area contributed by atoms with Crippen LogP contribution in [0.2, 0.25) is 0 Å². The van der Waals surface area contributed by atoms with Crippen LogP contribution in [0.1, 0.15) is 18.9 Å². The van der Waals surface area contributed by atoms with E-state index >= 15 is 0 Å². The van der Waals surface area contributed by atoms with Crippen LogP contribution in [-0.2, 0) is 6.42 Å². The number of aromatic amines is 1. The highest BCUT2D eigenvalue weighted by atomic mass is 32.2. The van der Waals surface area contributed by atoms with Gasteiger partial charge in [0.2, 0.25) is 0 Å². The van der Waals surface area contributed by atoms with E-state index in [1.165, 1.54) is 36.2 Å².